The molecule has 0 radical (unpaired) electrons. The average molecular weight is 487 g/mol. The van der Waals surface area contributed by atoms with Crippen LogP contribution in [-0.2, 0) is 10.0 Å². The van der Waals surface area contributed by atoms with Gasteiger partial charge in [-0.15, -0.1) is 0 Å². The summed E-state index contributed by atoms with van der Waals surface area (Å²) < 4.78 is 43.5. The Morgan fingerprint density at radius 2 is 1.88 bits per heavy atom. The quantitative estimate of drug-likeness (QED) is 0.419. The molecule has 170 valence electrons. The zero-order valence-electron chi connectivity index (χ0n) is 17.4. The first-order chi connectivity index (χ1) is 15.8. The molecule has 3 N–H and O–H groups in total. The normalized spacial score (nSPS) is 14.7. The summed E-state index contributed by atoms with van der Waals surface area (Å²) in [6.45, 7) is 0. The van der Waals surface area contributed by atoms with Gasteiger partial charge in [-0.25, -0.2) is 27.5 Å². The second kappa shape index (κ2) is 8.27. The zero-order chi connectivity index (χ0) is 23.2. The molecule has 0 unspecified atom stereocenters. The van der Waals surface area contributed by atoms with Gasteiger partial charge < -0.3 is 5.73 Å². The van der Waals surface area contributed by atoms with Crippen LogP contribution >= 0.6 is 11.6 Å². The number of benzene rings is 2. The van der Waals surface area contributed by atoms with Crippen molar-refractivity contribution in [1.82, 2.24) is 19.7 Å². The van der Waals surface area contributed by atoms with Crippen molar-refractivity contribution < 1.29 is 12.8 Å². The number of hydrogen-bond acceptors (Lipinski definition) is 6. The maximum Gasteiger partial charge on any atom is 0.264 e. The molecule has 2 aromatic carbocycles. The molecule has 1 saturated carbocycles. The molecule has 0 spiro atoms. The number of fused-ring (bicyclic) bond motifs is 1. The van der Waals surface area contributed by atoms with Crippen LogP contribution in [0.2, 0.25) is 5.02 Å². The number of nitrogen functional groups attached to an aromatic ring is 1. The minimum atomic E-state index is -4.16. The van der Waals surface area contributed by atoms with E-state index in [4.69, 9.17) is 22.4 Å². The van der Waals surface area contributed by atoms with E-state index in [1.54, 1.807) is 12.1 Å². The fraction of sp³-hybridized carbons (Fsp3) is 0.227. The second-order valence-corrected chi connectivity index (χ2v) is 9.98. The highest BCUT2D eigenvalue weighted by molar-refractivity contribution is 7.92. The maximum atomic E-state index is 14.0. The number of aromatic nitrogens is 4. The van der Waals surface area contributed by atoms with Crippen molar-refractivity contribution in [2.24, 2.45) is 0 Å². The third kappa shape index (κ3) is 3.89. The Morgan fingerprint density at radius 3 is 2.61 bits per heavy atom. The van der Waals surface area contributed by atoms with Crippen LogP contribution in [0.25, 0.3) is 22.3 Å². The molecule has 4 aromatic rings. The van der Waals surface area contributed by atoms with Gasteiger partial charge in [-0.2, -0.15) is 5.10 Å². The van der Waals surface area contributed by atoms with Gasteiger partial charge in [-0.1, -0.05) is 42.6 Å². The van der Waals surface area contributed by atoms with Crippen LogP contribution in [0.1, 0.15) is 31.7 Å². The molecule has 2 heterocycles. The van der Waals surface area contributed by atoms with E-state index in [2.05, 4.69) is 14.7 Å². The lowest BCUT2D eigenvalue weighted by Gasteiger charge is -2.11. The van der Waals surface area contributed by atoms with Crippen LogP contribution in [-0.4, -0.2) is 28.2 Å². The van der Waals surface area contributed by atoms with E-state index in [1.165, 1.54) is 30.6 Å². The van der Waals surface area contributed by atoms with Crippen LogP contribution < -0.4 is 10.5 Å². The molecule has 8 nitrogen and oxygen atoms in total. The number of rotatable bonds is 5. The van der Waals surface area contributed by atoms with E-state index >= 15 is 0 Å². The largest absolute Gasteiger partial charge is 0.383 e. The fourth-order valence-corrected chi connectivity index (χ4v) is 5.65. The lowest BCUT2D eigenvalue weighted by atomic mass is 10.1. The summed E-state index contributed by atoms with van der Waals surface area (Å²) in [6, 6.07) is 10.1. The highest BCUT2D eigenvalue weighted by Crippen LogP contribution is 2.38. The van der Waals surface area contributed by atoms with Gasteiger partial charge in [-0.3, -0.25) is 4.72 Å². The molecule has 1 aliphatic carbocycles. The van der Waals surface area contributed by atoms with Crippen LogP contribution in [0.15, 0.2) is 53.7 Å². The Kier molecular flexibility index (Phi) is 5.41. The molecule has 0 saturated heterocycles. The van der Waals surface area contributed by atoms with Crippen molar-refractivity contribution in [3.8, 4) is 11.3 Å². The van der Waals surface area contributed by atoms with Gasteiger partial charge in [0.1, 0.15) is 28.6 Å². The number of hydrogen-bond donors (Lipinski definition) is 2. The van der Waals surface area contributed by atoms with E-state index < -0.39 is 20.7 Å². The summed E-state index contributed by atoms with van der Waals surface area (Å²) in [5.74, 6) is -0.545. The molecular weight excluding hydrogens is 467 g/mol. The standard InChI is InChI=1S/C22H20ClFN6O2S/c23-15-11-13(9-10-17(15)29-33(31,32)18-8-4-3-7-16(18)24)20-19-21(25)26-12-27-22(19)30(28-20)14-5-1-2-6-14/h3-4,7-12,14,29H,1-2,5-6H2,(H2,25,26,27). The monoisotopic (exact) mass is 486 g/mol. The van der Waals surface area contributed by atoms with Crippen LogP contribution in [0.4, 0.5) is 15.9 Å². The maximum absolute atomic E-state index is 14.0. The third-order valence-electron chi connectivity index (χ3n) is 5.80. The summed E-state index contributed by atoms with van der Waals surface area (Å²) in [5, 5.41) is 5.55. The first kappa shape index (κ1) is 21.6. The molecule has 2 aromatic heterocycles. The van der Waals surface area contributed by atoms with E-state index in [0.717, 1.165) is 31.7 Å². The third-order valence-corrected chi connectivity index (χ3v) is 7.51. The number of nitrogens with one attached hydrogen (secondary N) is 1. The lowest BCUT2D eigenvalue weighted by Crippen LogP contribution is -2.14. The van der Waals surface area contributed by atoms with Gasteiger partial charge >= 0.3 is 0 Å². The summed E-state index contributed by atoms with van der Waals surface area (Å²) in [5.41, 5.74) is 8.15. The van der Waals surface area contributed by atoms with Gasteiger partial charge in [0.2, 0.25) is 0 Å². The van der Waals surface area contributed by atoms with Gasteiger partial charge in [0.15, 0.2) is 5.65 Å². The summed E-state index contributed by atoms with van der Waals surface area (Å²) >= 11 is 6.42. The molecule has 33 heavy (non-hydrogen) atoms. The summed E-state index contributed by atoms with van der Waals surface area (Å²) in [7, 11) is -4.16. The Bertz CT molecular complexity index is 1470. The number of anilines is 2. The molecule has 1 aliphatic rings. The Labute approximate surface area is 194 Å². The number of nitrogens with two attached hydrogens (primary N) is 1. The van der Waals surface area contributed by atoms with Crippen molar-refractivity contribution in [3.63, 3.8) is 0 Å². The number of sulfonamides is 1. The number of nitrogens with zero attached hydrogens (tertiary/aromatic N) is 4. The SMILES string of the molecule is Nc1ncnc2c1c(-c1ccc(NS(=O)(=O)c3ccccc3F)c(Cl)c1)nn2C1CCCC1. The van der Waals surface area contributed by atoms with Crippen molar-refractivity contribution in [1.29, 1.82) is 0 Å². The molecule has 0 amide bonds. The predicted molar refractivity (Wildman–Crippen MR) is 125 cm³/mol. The van der Waals surface area contributed by atoms with Gasteiger partial charge in [0, 0.05) is 5.56 Å². The molecule has 1 fully saturated rings. The van der Waals surface area contributed by atoms with Gasteiger partial charge in [0.25, 0.3) is 10.0 Å². The van der Waals surface area contributed by atoms with Crippen molar-refractivity contribution in [2.75, 3.05) is 10.5 Å². The first-order valence-electron chi connectivity index (χ1n) is 10.4. The highest BCUT2D eigenvalue weighted by Gasteiger charge is 2.25. The van der Waals surface area contributed by atoms with Crippen LogP contribution in [0.5, 0.6) is 0 Å². The fourth-order valence-electron chi connectivity index (χ4n) is 4.21. The molecule has 0 bridgehead atoms. The van der Waals surface area contributed by atoms with Crippen molar-refractivity contribution >= 4 is 44.2 Å². The highest BCUT2D eigenvalue weighted by atomic mass is 35.5. The topological polar surface area (TPSA) is 116 Å². The minimum absolute atomic E-state index is 0.118. The Morgan fingerprint density at radius 1 is 1.12 bits per heavy atom. The second-order valence-electron chi connectivity index (χ2n) is 7.92. The smallest absolute Gasteiger partial charge is 0.264 e. The first-order valence-corrected chi connectivity index (χ1v) is 12.3. The van der Waals surface area contributed by atoms with E-state index in [-0.39, 0.29) is 16.8 Å². The molecule has 0 atom stereocenters. The lowest BCUT2D eigenvalue weighted by molar-refractivity contribution is 0.479. The van der Waals surface area contributed by atoms with Gasteiger partial charge in [-0.05, 0) is 37.1 Å². The molecule has 0 aliphatic heterocycles. The van der Waals surface area contributed by atoms with E-state index in [1.807, 2.05) is 4.68 Å². The van der Waals surface area contributed by atoms with E-state index in [0.29, 0.717) is 28.1 Å². The minimum Gasteiger partial charge on any atom is -0.383 e. The zero-order valence-corrected chi connectivity index (χ0v) is 18.9. The molecule has 11 heteroatoms. The van der Waals surface area contributed by atoms with E-state index in [9.17, 15) is 12.8 Å². The summed E-state index contributed by atoms with van der Waals surface area (Å²) in [4.78, 5) is 8.07. The van der Waals surface area contributed by atoms with Crippen molar-refractivity contribution in [2.45, 2.75) is 36.6 Å². The van der Waals surface area contributed by atoms with Crippen LogP contribution in [0.3, 0.4) is 0 Å². The van der Waals surface area contributed by atoms with Crippen molar-refractivity contribution in [3.05, 3.63) is 59.6 Å². The Hall–Kier alpha value is -3.24. The average Bonchev–Trinajstić information content (AvgIpc) is 3.44. The van der Waals surface area contributed by atoms with Crippen LogP contribution in [0, 0.1) is 5.82 Å². The molecular formula is C22H20ClFN6O2S. The Balaban J connectivity index is 1.55. The predicted octanol–water partition coefficient (Wildman–Crippen LogP) is 4.78. The van der Waals surface area contributed by atoms with Gasteiger partial charge in [0.05, 0.1) is 22.1 Å². The summed E-state index contributed by atoms with van der Waals surface area (Å²) in [6.07, 6.45) is 5.70. The molecule has 5 rings (SSSR count). The number of halogens is 2.